The largest absolute Gasteiger partial charge is 0.497 e. The molecule has 150 valence electrons. The fourth-order valence-corrected chi connectivity index (χ4v) is 3.84. The number of fused-ring (bicyclic) bond motifs is 1. The Morgan fingerprint density at radius 2 is 1.60 bits per heavy atom. The molecule has 30 heavy (non-hydrogen) atoms. The highest BCUT2D eigenvalue weighted by Gasteiger charge is 2.28. The Labute approximate surface area is 176 Å². The van der Waals surface area contributed by atoms with Crippen molar-refractivity contribution in [3.05, 3.63) is 102 Å². The quantitative estimate of drug-likeness (QED) is 0.450. The van der Waals surface area contributed by atoms with Crippen LogP contribution in [0.4, 0.5) is 5.69 Å². The third-order valence-corrected chi connectivity index (χ3v) is 5.47. The highest BCUT2D eigenvalue weighted by atomic mass is 16.5. The zero-order valence-electron chi connectivity index (χ0n) is 17.1. The summed E-state index contributed by atoms with van der Waals surface area (Å²) in [5, 5.41) is 4.13. The summed E-state index contributed by atoms with van der Waals surface area (Å²) < 4.78 is 5.28. The molecular weight excluding hydrogens is 372 g/mol. The van der Waals surface area contributed by atoms with E-state index in [1.54, 1.807) is 13.3 Å². The first-order chi connectivity index (χ1) is 14.7. The van der Waals surface area contributed by atoms with E-state index in [1.165, 1.54) is 0 Å². The van der Waals surface area contributed by atoms with Crippen molar-refractivity contribution in [3.8, 4) is 5.75 Å². The molecule has 0 spiro atoms. The van der Waals surface area contributed by atoms with E-state index >= 15 is 0 Å². The van der Waals surface area contributed by atoms with Crippen LogP contribution in [0.2, 0.25) is 0 Å². The van der Waals surface area contributed by atoms with Crippen LogP contribution in [-0.2, 0) is 4.79 Å². The van der Waals surface area contributed by atoms with E-state index in [9.17, 15) is 4.79 Å². The monoisotopic (exact) mass is 396 g/mol. The SMILES string of the molecule is COc1ccc([C@H](C)[C@H](C(=O)Nc2cccc3cccnc23)c2ccccc2)cc1. The number of hydrogen-bond donors (Lipinski definition) is 1. The van der Waals surface area contributed by atoms with Crippen molar-refractivity contribution in [1.82, 2.24) is 4.98 Å². The summed E-state index contributed by atoms with van der Waals surface area (Å²) in [5.41, 5.74) is 3.57. The number of carbonyl (C=O) groups is 1. The van der Waals surface area contributed by atoms with Crippen molar-refractivity contribution in [2.45, 2.75) is 18.8 Å². The van der Waals surface area contributed by atoms with Gasteiger partial charge in [-0.3, -0.25) is 9.78 Å². The standard InChI is InChI=1S/C26H24N2O2/c1-18(19-13-15-22(30-2)16-14-19)24(20-8-4-3-5-9-20)26(29)28-23-12-6-10-21-11-7-17-27-25(21)23/h3-18,24H,1-2H3,(H,28,29)/t18-,24-/m0/s1. The normalized spacial score (nSPS) is 12.9. The minimum Gasteiger partial charge on any atom is -0.497 e. The first kappa shape index (κ1) is 19.6. The lowest BCUT2D eigenvalue weighted by atomic mass is 9.82. The summed E-state index contributed by atoms with van der Waals surface area (Å²) in [5.74, 6) is 0.371. The molecule has 1 amide bonds. The second-order valence-corrected chi connectivity index (χ2v) is 7.32. The van der Waals surface area contributed by atoms with Crippen LogP contribution in [0.15, 0.2) is 91.1 Å². The Hall–Kier alpha value is -3.66. The number of carbonyl (C=O) groups excluding carboxylic acids is 1. The molecule has 2 atom stereocenters. The summed E-state index contributed by atoms with van der Waals surface area (Å²) in [6, 6.07) is 27.5. The van der Waals surface area contributed by atoms with Crippen LogP contribution in [0.25, 0.3) is 10.9 Å². The number of anilines is 1. The summed E-state index contributed by atoms with van der Waals surface area (Å²) in [6.45, 7) is 2.08. The van der Waals surface area contributed by atoms with Crippen LogP contribution >= 0.6 is 0 Å². The van der Waals surface area contributed by atoms with E-state index in [2.05, 4.69) is 17.2 Å². The van der Waals surface area contributed by atoms with Gasteiger partial charge in [0, 0.05) is 11.6 Å². The molecule has 4 nitrogen and oxygen atoms in total. The van der Waals surface area contributed by atoms with E-state index in [1.807, 2.05) is 84.9 Å². The van der Waals surface area contributed by atoms with Crippen LogP contribution in [-0.4, -0.2) is 18.0 Å². The zero-order chi connectivity index (χ0) is 20.9. The van der Waals surface area contributed by atoms with Crippen molar-refractivity contribution in [1.29, 1.82) is 0 Å². The zero-order valence-corrected chi connectivity index (χ0v) is 17.1. The van der Waals surface area contributed by atoms with Crippen molar-refractivity contribution in [2.24, 2.45) is 0 Å². The number of aromatic nitrogens is 1. The Bertz CT molecular complexity index is 1140. The number of rotatable bonds is 6. The van der Waals surface area contributed by atoms with Gasteiger partial charge in [-0.2, -0.15) is 0 Å². The highest BCUT2D eigenvalue weighted by molar-refractivity contribution is 6.03. The van der Waals surface area contributed by atoms with Gasteiger partial charge in [0.2, 0.25) is 5.91 Å². The van der Waals surface area contributed by atoms with Gasteiger partial charge in [-0.05, 0) is 41.3 Å². The molecule has 4 heteroatoms. The second kappa shape index (κ2) is 8.78. The summed E-state index contributed by atoms with van der Waals surface area (Å²) in [7, 11) is 1.65. The number of hydrogen-bond acceptors (Lipinski definition) is 3. The fourth-order valence-electron chi connectivity index (χ4n) is 3.84. The Kier molecular flexibility index (Phi) is 5.75. The Balaban J connectivity index is 1.69. The molecule has 0 bridgehead atoms. The average Bonchev–Trinajstić information content (AvgIpc) is 2.80. The molecule has 0 unspecified atom stereocenters. The summed E-state index contributed by atoms with van der Waals surface area (Å²) in [4.78, 5) is 18.0. The molecule has 1 N–H and O–H groups in total. The fraction of sp³-hybridized carbons (Fsp3) is 0.154. The van der Waals surface area contributed by atoms with E-state index in [4.69, 9.17) is 4.74 Å². The van der Waals surface area contributed by atoms with Gasteiger partial charge in [-0.15, -0.1) is 0 Å². The molecule has 0 aliphatic rings. The van der Waals surface area contributed by atoms with E-state index < -0.39 is 0 Å². The van der Waals surface area contributed by atoms with Gasteiger partial charge in [0.15, 0.2) is 0 Å². The van der Waals surface area contributed by atoms with Crippen molar-refractivity contribution >= 4 is 22.5 Å². The van der Waals surface area contributed by atoms with E-state index in [-0.39, 0.29) is 17.7 Å². The van der Waals surface area contributed by atoms with Gasteiger partial charge in [-0.1, -0.05) is 67.6 Å². The van der Waals surface area contributed by atoms with Crippen LogP contribution in [0.3, 0.4) is 0 Å². The van der Waals surface area contributed by atoms with Gasteiger partial charge < -0.3 is 10.1 Å². The predicted molar refractivity (Wildman–Crippen MR) is 121 cm³/mol. The van der Waals surface area contributed by atoms with Crippen LogP contribution in [0.5, 0.6) is 5.75 Å². The topological polar surface area (TPSA) is 51.2 Å². The lowest BCUT2D eigenvalue weighted by molar-refractivity contribution is -0.118. The lowest BCUT2D eigenvalue weighted by Crippen LogP contribution is -2.25. The number of amides is 1. The molecule has 0 saturated carbocycles. The number of pyridine rings is 1. The van der Waals surface area contributed by atoms with Gasteiger partial charge in [0.1, 0.15) is 5.75 Å². The van der Waals surface area contributed by atoms with Gasteiger partial charge in [0.05, 0.1) is 24.2 Å². The van der Waals surface area contributed by atoms with Gasteiger partial charge in [-0.25, -0.2) is 0 Å². The summed E-state index contributed by atoms with van der Waals surface area (Å²) >= 11 is 0. The Morgan fingerprint density at radius 1 is 0.867 bits per heavy atom. The number of benzene rings is 3. The molecule has 0 radical (unpaired) electrons. The first-order valence-electron chi connectivity index (χ1n) is 10.0. The smallest absolute Gasteiger partial charge is 0.232 e. The van der Waals surface area contributed by atoms with Crippen molar-refractivity contribution < 1.29 is 9.53 Å². The van der Waals surface area contributed by atoms with Crippen LogP contribution in [0.1, 0.15) is 29.9 Å². The molecule has 0 fully saturated rings. The second-order valence-electron chi connectivity index (χ2n) is 7.32. The maximum absolute atomic E-state index is 13.5. The lowest BCUT2D eigenvalue weighted by Gasteiger charge is -2.24. The number of methoxy groups -OCH3 is 1. The maximum Gasteiger partial charge on any atom is 0.232 e. The van der Waals surface area contributed by atoms with E-state index in [0.717, 1.165) is 33.5 Å². The highest BCUT2D eigenvalue weighted by Crippen LogP contribution is 2.35. The molecule has 3 aromatic carbocycles. The van der Waals surface area contributed by atoms with Gasteiger partial charge >= 0.3 is 0 Å². The molecule has 4 rings (SSSR count). The number of nitrogens with zero attached hydrogens (tertiary/aromatic N) is 1. The minimum absolute atomic E-state index is 0.0266. The van der Waals surface area contributed by atoms with Crippen LogP contribution < -0.4 is 10.1 Å². The van der Waals surface area contributed by atoms with Gasteiger partial charge in [0.25, 0.3) is 0 Å². The molecule has 0 aliphatic carbocycles. The average molecular weight is 396 g/mol. The van der Waals surface area contributed by atoms with Crippen LogP contribution in [0, 0.1) is 0 Å². The molecule has 0 saturated heterocycles. The maximum atomic E-state index is 13.5. The predicted octanol–water partition coefficient (Wildman–Crippen LogP) is 5.77. The van der Waals surface area contributed by atoms with E-state index in [0.29, 0.717) is 0 Å². The number of para-hydroxylation sites is 1. The minimum atomic E-state index is -0.349. The Morgan fingerprint density at radius 3 is 2.33 bits per heavy atom. The molecule has 4 aromatic rings. The molecule has 1 heterocycles. The number of ether oxygens (including phenoxy) is 1. The van der Waals surface area contributed by atoms with Crippen molar-refractivity contribution in [3.63, 3.8) is 0 Å². The summed E-state index contributed by atoms with van der Waals surface area (Å²) in [6.07, 6.45) is 1.74. The molecular formula is C26H24N2O2. The third-order valence-electron chi connectivity index (χ3n) is 5.47. The van der Waals surface area contributed by atoms with Crippen molar-refractivity contribution in [2.75, 3.05) is 12.4 Å². The number of nitrogens with one attached hydrogen (secondary N) is 1. The first-order valence-corrected chi connectivity index (χ1v) is 10.0. The molecule has 0 aliphatic heterocycles. The molecule has 1 aromatic heterocycles. The third kappa shape index (κ3) is 4.03.